The van der Waals surface area contributed by atoms with Crippen LogP contribution in [-0.2, 0) is 19.2 Å². The van der Waals surface area contributed by atoms with Crippen LogP contribution in [-0.4, -0.2) is 46.3 Å². The molecule has 0 amide bonds. The second-order valence-electron chi connectivity index (χ2n) is 8.15. The second kappa shape index (κ2) is 12.9. The maximum atomic E-state index is 12.6. The van der Waals surface area contributed by atoms with Gasteiger partial charge in [0.2, 0.25) is 0 Å². The Labute approximate surface area is 183 Å². The van der Waals surface area contributed by atoms with Gasteiger partial charge in [-0.25, -0.2) is 0 Å². The monoisotopic (exact) mass is 437 g/mol. The summed E-state index contributed by atoms with van der Waals surface area (Å²) in [5, 5.41) is 14.5. The van der Waals surface area contributed by atoms with Gasteiger partial charge in [0.1, 0.15) is 12.4 Å². The lowest BCUT2D eigenvalue weighted by molar-refractivity contribution is -0.137. The van der Waals surface area contributed by atoms with Crippen molar-refractivity contribution >= 4 is 34.8 Å². The molecule has 2 aliphatic carbocycles. The molecule has 1 heterocycles. The maximum absolute atomic E-state index is 12.6. The Hall–Kier alpha value is -1.63. The largest absolute Gasteiger partial charge is 0.511 e. The molecular weight excluding hydrogens is 402 g/mol. The van der Waals surface area contributed by atoms with Gasteiger partial charge in [0, 0.05) is 25.7 Å². The average molecular weight is 438 g/mol. The molecule has 7 heteroatoms. The molecule has 3 rings (SSSR count). The first-order valence-corrected chi connectivity index (χ1v) is 12.4. The normalized spacial score (nSPS) is 25.7. The predicted molar refractivity (Wildman–Crippen MR) is 120 cm³/mol. The smallest absolute Gasteiger partial charge is 0.198 e. The fourth-order valence-electron chi connectivity index (χ4n) is 4.17. The fourth-order valence-corrected chi connectivity index (χ4v) is 5.45. The minimum absolute atomic E-state index is 0.0382. The second-order valence-corrected chi connectivity index (χ2v) is 9.30. The van der Waals surface area contributed by atoms with Crippen molar-refractivity contribution in [3.8, 4) is 0 Å². The van der Waals surface area contributed by atoms with Crippen LogP contribution in [0.1, 0.15) is 78.1 Å². The van der Waals surface area contributed by atoms with Crippen molar-refractivity contribution in [1.29, 1.82) is 0 Å². The number of nitrogens with zero attached hydrogens (tertiary/aromatic N) is 1. The van der Waals surface area contributed by atoms with Gasteiger partial charge < -0.3 is 9.94 Å². The molecule has 1 saturated carbocycles. The van der Waals surface area contributed by atoms with Crippen molar-refractivity contribution in [2.24, 2.45) is 17.0 Å². The number of hydrogen-bond acceptors (Lipinski definition) is 7. The van der Waals surface area contributed by atoms with E-state index in [0.717, 1.165) is 25.0 Å². The Morgan fingerprint density at radius 2 is 1.73 bits per heavy atom. The molecule has 1 aliphatic heterocycles. The van der Waals surface area contributed by atoms with Gasteiger partial charge >= 0.3 is 0 Å². The number of Topliss-reactive ketones (excluding diaryl/α,β-unsaturated/α-hetero) is 3. The lowest BCUT2D eigenvalue weighted by Crippen LogP contribution is -2.30. The highest BCUT2D eigenvalue weighted by Gasteiger charge is 2.35. The molecule has 1 saturated heterocycles. The average Bonchev–Trinajstić information content (AvgIpc) is 2.74. The van der Waals surface area contributed by atoms with Crippen molar-refractivity contribution in [3.05, 3.63) is 11.3 Å². The number of rotatable bonds is 6. The van der Waals surface area contributed by atoms with Crippen molar-refractivity contribution in [2.75, 3.05) is 18.1 Å². The van der Waals surface area contributed by atoms with Gasteiger partial charge in [-0.05, 0) is 62.4 Å². The van der Waals surface area contributed by atoms with Crippen LogP contribution < -0.4 is 0 Å². The molecule has 6 nitrogen and oxygen atoms in total. The summed E-state index contributed by atoms with van der Waals surface area (Å²) in [6, 6.07) is 0. The van der Waals surface area contributed by atoms with Crippen LogP contribution in [0.5, 0.6) is 0 Å². The van der Waals surface area contributed by atoms with Gasteiger partial charge in [-0.1, -0.05) is 18.5 Å². The number of carbonyl (C=O) groups is 3. The van der Waals surface area contributed by atoms with Gasteiger partial charge in [-0.15, -0.1) is 0 Å². The molecule has 2 fully saturated rings. The van der Waals surface area contributed by atoms with Crippen molar-refractivity contribution in [2.45, 2.75) is 78.1 Å². The fraction of sp³-hybridized carbons (Fsp3) is 0.739. The van der Waals surface area contributed by atoms with Gasteiger partial charge in [-0.2, -0.15) is 11.8 Å². The third-order valence-corrected chi connectivity index (χ3v) is 7.02. The Bertz CT molecular complexity index is 663. The summed E-state index contributed by atoms with van der Waals surface area (Å²) in [4.78, 5) is 38.6. The Morgan fingerprint density at radius 1 is 1.03 bits per heavy atom. The number of oxime groups is 1. The van der Waals surface area contributed by atoms with E-state index in [2.05, 4.69) is 5.16 Å². The van der Waals surface area contributed by atoms with E-state index in [9.17, 15) is 19.5 Å². The van der Waals surface area contributed by atoms with E-state index in [4.69, 9.17) is 4.84 Å². The molecule has 0 aromatic heterocycles. The molecule has 0 radical (unpaired) electrons. The van der Waals surface area contributed by atoms with Crippen LogP contribution in [0.15, 0.2) is 16.5 Å². The number of hydrogen-bond donors (Lipinski definition) is 1. The molecule has 168 valence electrons. The molecule has 0 aromatic carbocycles. The Kier molecular flexibility index (Phi) is 10.6. The van der Waals surface area contributed by atoms with E-state index >= 15 is 0 Å². The van der Waals surface area contributed by atoms with Crippen molar-refractivity contribution in [1.82, 2.24) is 0 Å². The first kappa shape index (κ1) is 24.6. The van der Waals surface area contributed by atoms with Gasteiger partial charge in [0.15, 0.2) is 17.3 Å². The lowest BCUT2D eigenvalue weighted by atomic mass is 9.76. The molecule has 0 bridgehead atoms. The first-order valence-electron chi connectivity index (χ1n) is 11.3. The Balaban J connectivity index is 0.000000335. The minimum Gasteiger partial charge on any atom is -0.511 e. The quantitative estimate of drug-likeness (QED) is 0.364. The highest BCUT2D eigenvalue weighted by Crippen LogP contribution is 2.38. The SMILES string of the molecule is CCC/C(=N\OCC)C1=C(O)CC(C2CCCSC2)CC1=O.O=C1CCCCC1=O. The molecule has 3 aliphatic rings. The molecule has 2 unspecified atom stereocenters. The summed E-state index contributed by atoms with van der Waals surface area (Å²) in [5.74, 6) is 3.12. The van der Waals surface area contributed by atoms with Crippen LogP contribution in [0.2, 0.25) is 0 Å². The molecule has 2 atom stereocenters. The number of allylic oxidation sites excluding steroid dienone is 2. The van der Waals surface area contributed by atoms with Crippen molar-refractivity contribution in [3.63, 3.8) is 0 Å². The number of thioether (sulfide) groups is 1. The van der Waals surface area contributed by atoms with E-state index in [0.29, 0.717) is 61.8 Å². The van der Waals surface area contributed by atoms with E-state index in [1.54, 1.807) is 0 Å². The molecule has 0 aromatic rings. The summed E-state index contributed by atoms with van der Waals surface area (Å²) in [6.07, 6.45) is 7.88. The van der Waals surface area contributed by atoms with E-state index in [1.807, 2.05) is 25.6 Å². The summed E-state index contributed by atoms with van der Waals surface area (Å²) >= 11 is 1.97. The lowest BCUT2D eigenvalue weighted by Gasteiger charge is -2.32. The van der Waals surface area contributed by atoms with E-state index < -0.39 is 0 Å². The minimum atomic E-state index is -0.170. The standard InChI is InChI=1S/C17H27NO3S.C6H8O2/c1-3-6-14(18-21-4-2)17-15(19)9-13(10-16(17)20)12-7-5-8-22-11-12;7-5-3-1-2-4-6(5)8/h12-13,19H,3-11H2,1-2H3;1-4H2/b18-14+;. The highest BCUT2D eigenvalue weighted by atomic mass is 32.2. The van der Waals surface area contributed by atoms with E-state index in [-0.39, 0.29) is 23.1 Å². The highest BCUT2D eigenvalue weighted by molar-refractivity contribution is 7.99. The molecule has 30 heavy (non-hydrogen) atoms. The number of ketones is 3. The topological polar surface area (TPSA) is 93.0 Å². The zero-order valence-electron chi connectivity index (χ0n) is 18.3. The number of aliphatic hydroxyl groups is 1. The third kappa shape index (κ3) is 7.25. The van der Waals surface area contributed by atoms with Crippen LogP contribution in [0.25, 0.3) is 0 Å². The van der Waals surface area contributed by atoms with Crippen LogP contribution in [0.4, 0.5) is 0 Å². The predicted octanol–water partition coefficient (Wildman–Crippen LogP) is 4.81. The number of aliphatic hydroxyl groups excluding tert-OH is 1. The van der Waals surface area contributed by atoms with Gasteiger partial charge in [0.05, 0.1) is 11.3 Å². The molecule has 0 spiro atoms. The summed E-state index contributed by atoms with van der Waals surface area (Å²) in [6.45, 7) is 4.37. The van der Waals surface area contributed by atoms with E-state index in [1.165, 1.54) is 18.6 Å². The molecular formula is C23H35NO5S. The third-order valence-electron chi connectivity index (χ3n) is 5.78. The Morgan fingerprint density at radius 3 is 2.23 bits per heavy atom. The van der Waals surface area contributed by atoms with Crippen LogP contribution >= 0.6 is 11.8 Å². The summed E-state index contributed by atoms with van der Waals surface area (Å²) in [7, 11) is 0. The zero-order chi connectivity index (χ0) is 21.9. The molecule has 1 N–H and O–H groups in total. The van der Waals surface area contributed by atoms with Gasteiger partial charge in [0.25, 0.3) is 0 Å². The maximum Gasteiger partial charge on any atom is 0.198 e. The number of carbonyl (C=O) groups excluding carboxylic acids is 3. The van der Waals surface area contributed by atoms with Crippen molar-refractivity contribution < 1.29 is 24.3 Å². The first-order chi connectivity index (χ1) is 14.5. The van der Waals surface area contributed by atoms with Crippen LogP contribution in [0, 0.1) is 11.8 Å². The van der Waals surface area contributed by atoms with Crippen LogP contribution in [0.3, 0.4) is 0 Å². The van der Waals surface area contributed by atoms with Gasteiger partial charge in [-0.3, -0.25) is 14.4 Å². The summed E-state index contributed by atoms with van der Waals surface area (Å²) in [5.41, 5.74) is 1.04. The zero-order valence-corrected chi connectivity index (χ0v) is 19.1. The summed E-state index contributed by atoms with van der Waals surface area (Å²) < 4.78 is 0.